The van der Waals surface area contributed by atoms with E-state index >= 15 is 0 Å². The van der Waals surface area contributed by atoms with E-state index in [2.05, 4.69) is 68.8 Å². The number of hydrogen-bond donors (Lipinski definition) is 0. The van der Waals surface area contributed by atoms with E-state index in [9.17, 15) is 0 Å². The molecule has 2 aromatic rings. The van der Waals surface area contributed by atoms with Crippen LogP contribution in [0, 0.1) is 27.7 Å². The minimum Gasteiger partial charge on any atom is -0.429 e. The van der Waals surface area contributed by atoms with Gasteiger partial charge in [0.1, 0.15) is 0 Å². The van der Waals surface area contributed by atoms with Gasteiger partial charge in [-0.25, -0.2) is 0 Å². The number of fused-ring (bicyclic) bond motifs is 1. The summed E-state index contributed by atoms with van der Waals surface area (Å²) in [4.78, 5) is 0. The lowest BCUT2D eigenvalue weighted by atomic mass is 10.1. The molecule has 1 aliphatic rings. The van der Waals surface area contributed by atoms with Crippen molar-refractivity contribution in [3.8, 4) is 5.75 Å². The van der Waals surface area contributed by atoms with Gasteiger partial charge < -0.3 is 4.74 Å². The Morgan fingerprint density at radius 1 is 0.950 bits per heavy atom. The lowest BCUT2D eigenvalue weighted by Gasteiger charge is -2.01. The van der Waals surface area contributed by atoms with E-state index in [0.29, 0.717) is 6.73 Å². The van der Waals surface area contributed by atoms with Crippen molar-refractivity contribution >= 4 is 11.9 Å². The van der Waals surface area contributed by atoms with Crippen molar-refractivity contribution in [1.82, 2.24) is 0 Å². The van der Waals surface area contributed by atoms with E-state index in [1.54, 1.807) is 0 Å². The number of hydrogen-bond acceptors (Lipinski definition) is 1. The quantitative estimate of drug-likeness (QED) is 0.710. The van der Waals surface area contributed by atoms with Crippen LogP contribution in [0.25, 0.3) is 0 Å². The second kappa shape index (κ2) is 4.78. The fourth-order valence-electron chi connectivity index (χ4n) is 2.71. The molecular formula is C18H20NO+. The van der Waals surface area contributed by atoms with Gasteiger partial charge >= 0.3 is 0 Å². The largest absolute Gasteiger partial charge is 0.429 e. The Morgan fingerprint density at radius 3 is 2.55 bits per heavy atom. The number of rotatable bonds is 1. The van der Waals surface area contributed by atoms with Crippen LogP contribution < -0.4 is 4.74 Å². The van der Waals surface area contributed by atoms with Crippen molar-refractivity contribution in [3.63, 3.8) is 0 Å². The van der Waals surface area contributed by atoms with E-state index in [0.717, 1.165) is 5.75 Å². The lowest BCUT2D eigenvalue weighted by molar-refractivity contribution is -0.452. The van der Waals surface area contributed by atoms with Crippen molar-refractivity contribution in [3.05, 3.63) is 58.1 Å². The SMILES string of the molecule is Cc1ccc(C)c(/C=[N+]2/COc3c(C)cc(C)cc32)c1. The van der Waals surface area contributed by atoms with Gasteiger partial charge in [-0.1, -0.05) is 23.8 Å². The summed E-state index contributed by atoms with van der Waals surface area (Å²) in [5.41, 5.74) is 7.46. The molecule has 0 aliphatic carbocycles. The van der Waals surface area contributed by atoms with Crippen molar-refractivity contribution in [2.45, 2.75) is 27.7 Å². The number of nitrogens with zero attached hydrogens (tertiary/aromatic N) is 1. The van der Waals surface area contributed by atoms with Crippen LogP contribution in [0.3, 0.4) is 0 Å². The molecule has 2 aromatic carbocycles. The Balaban J connectivity index is 2.11. The molecule has 2 heteroatoms. The molecule has 0 atom stereocenters. The topological polar surface area (TPSA) is 12.2 Å². The van der Waals surface area contributed by atoms with Crippen LogP contribution >= 0.6 is 0 Å². The molecule has 0 aromatic heterocycles. The van der Waals surface area contributed by atoms with Crippen molar-refractivity contribution < 1.29 is 9.31 Å². The molecule has 0 saturated heterocycles. The average Bonchev–Trinajstić information content (AvgIpc) is 2.77. The third kappa shape index (κ3) is 2.22. The van der Waals surface area contributed by atoms with Gasteiger partial charge in [-0.15, -0.1) is 0 Å². The van der Waals surface area contributed by atoms with Gasteiger partial charge in [0.25, 0.3) is 12.4 Å². The molecule has 0 unspecified atom stereocenters. The summed E-state index contributed by atoms with van der Waals surface area (Å²) in [5, 5.41) is 0. The maximum absolute atomic E-state index is 5.83. The number of benzene rings is 2. The molecule has 102 valence electrons. The molecule has 1 aliphatic heterocycles. The second-order valence-corrected chi connectivity index (χ2v) is 5.66. The molecule has 0 spiro atoms. The lowest BCUT2D eigenvalue weighted by Crippen LogP contribution is -2.08. The third-order valence-electron chi connectivity index (χ3n) is 3.79. The maximum Gasteiger partial charge on any atom is 0.293 e. The van der Waals surface area contributed by atoms with Gasteiger partial charge in [0.05, 0.1) is 0 Å². The summed E-state index contributed by atoms with van der Waals surface area (Å²) in [6.07, 6.45) is 2.19. The molecule has 0 bridgehead atoms. The van der Waals surface area contributed by atoms with Gasteiger partial charge in [-0.3, -0.25) is 0 Å². The Labute approximate surface area is 120 Å². The maximum atomic E-state index is 5.83. The Bertz CT molecular complexity index is 714. The smallest absolute Gasteiger partial charge is 0.293 e. The summed E-state index contributed by atoms with van der Waals surface area (Å²) >= 11 is 0. The van der Waals surface area contributed by atoms with Crippen LogP contribution in [0.4, 0.5) is 5.69 Å². The zero-order chi connectivity index (χ0) is 14.3. The van der Waals surface area contributed by atoms with Crippen LogP contribution in [0.2, 0.25) is 0 Å². The van der Waals surface area contributed by atoms with E-state index in [4.69, 9.17) is 4.74 Å². The standard InChI is InChI=1S/C18H20NO/c1-12-5-6-14(3)16(8-12)10-19-11-20-18-15(4)7-13(2)9-17(18)19/h5-10H,11H2,1-4H3/q+1/b19-10-. The monoisotopic (exact) mass is 266 g/mol. The molecular weight excluding hydrogens is 246 g/mol. The number of aryl methyl sites for hydroxylation is 4. The highest BCUT2D eigenvalue weighted by Gasteiger charge is 2.27. The highest BCUT2D eigenvalue weighted by atomic mass is 16.5. The Hall–Kier alpha value is -2.09. The molecule has 3 rings (SSSR count). The van der Waals surface area contributed by atoms with Crippen molar-refractivity contribution in [1.29, 1.82) is 0 Å². The highest BCUT2D eigenvalue weighted by molar-refractivity contribution is 5.79. The van der Waals surface area contributed by atoms with Gasteiger partial charge in [0.2, 0.25) is 5.75 Å². The molecule has 0 saturated carbocycles. The summed E-state index contributed by atoms with van der Waals surface area (Å²) in [7, 11) is 0. The summed E-state index contributed by atoms with van der Waals surface area (Å²) in [5.74, 6) is 1.01. The van der Waals surface area contributed by atoms with E-state index < -0.39 is 0 Å². The predicted molar refractivity (Wildman–Crippen MR) is 82.4 cm³/mol. The summed E-state index contributed by atoms with van der Waals surface area (Å²) < 4.78 is 8.03. The second-order valence-electron chi connectivity index (χ2n) is 5.66. The van der Waals surface area contributed by atoms with E-state index in [-0.39, 0.29) is 0 Å². The third-order valence-corrected chi connectivity index (χ3v) is 3.79. The van der Waals surface area contributed by atoms with E-state index in [1.807, 2.05) is 0 Å². The first-order valence-corrected chi connectivity index (χ1v) is 6.97. The van der Waals surface area contributed by atoms with Crippen molar-refractivity contribution in [2.75, 3.05) is 6.73 Å². The first-order chi connectivity index (χ1) is 9.54. The Morgan fingerprint density at radius 2 is 1.75 bits per heavy atom. The minimum absolute atomic E-state index is 0.590. The van der Waals surface area contributed by atoms with Crippen LogP contribution in [-0.2, 0) is 0 Å². The fraction of sp³-hybridized carbons (Fsp3) is 0.278. The van der Waals surface area contributed by atoms with Gasteiger partial charge in [0.15, 0.2) is 6.21 Å². The molecule has 1 heterocycles. The molecule has 0 N–H and O–H groups in total. The predicted octanol–water partition coefficient (Wildman–Crippen LogP) is 4.03. The van der Waals surface area contributed by atoms with E-state index in [1.165, 1.54) is 33.5 Å². The van der Waals surface area contributed by atoms with Gasteiger partial charge in [-0.2, -0.15) is 4.58 Å². The zero-order valence-corrected chi connectivity index (χ0v) is 12.5. The van der Waals surface area contributed by atoms with Crippen LogP contribution in [0.15, 0.2) is 30.3 Å². The highest BCUT2D eigenvalue weighted by Crippen LogP contribution is 2.36. The zero-order valence-electron chi connectivity index (χ0n) is 12.5. The Kier molecular flexibility index (Phi) is 3.09. The molecule has 0 fully saturated rings. The molecule has 2 nitrogen and oxygen atoms in total. The van der Waals surface area contributed by atoms with Crippen LogP contribution in [0.1, 0.15) is 27.8 Å². The van der Waals surface area contributed by atoms with Crippen LogP contribution in [0.5, 0.6) is 5.75 Å². The normalized spacial score (nSPS) is 15.3. The van der Waals surface area contributed by atoms with Crippen molar-refractivity contribution in [2.24, 2.45) is 0 Å². The molecule has 0 radical (unpaired) electrons. The summed E-state index contributed by atoms with van der Waals surface area (Å²) in [6, 6.07) is 10.9. The van der Waals surface area contributed by atoms with Crippen LogP contribution in [-0.4, -0.2) is 17.5 Å². The first kappa shape index (κ1) is 12.9. The molecule has 0 amide bonds. The van der Waals surface area contributed by atoms with Gasteiger partial charge in [-0.05, 0) is 50.5 Å². The minimum atomic E-state index is 0.590. The molecule has 20 heavy (non-hydrogen) atoms. The van der Waals surface area contributed by atoms with Gasteiger partial charge in [0, 0.05) is 11.6 Å². The fourth-order valence-corrected chi connectivity index (χ4v) is 2.71. The summed E-state index contributed by atoms with van der Waals surface area (Å²) in [6.45, 7) is 9.09. The average molecular weight is 266 g/mol. The first-order valence-electron chi connectivity index (χ1n) is 6.97. The number of ether oxygens (including phenoxy) is 1.